The van der Waals surface area contributed by atoms with Crippen LogP contribution in [-0.4, -0.2) is 56.4 Å². The van der Waals surface area contributed by atoms with E-state index in [1.54, 1.807) is 14.2 Å². The van der Waals surface area contributed by atoms with Crippen molar-refractivity contribution in [2.75, 3.05) is 27.4 Å². The molecule has 0 bridgehead atoms. The normalized spacial score (nSPS) is 13.6. The molecule has 0 heterocycles. The fraction of sp³-hybridized carbons (Fsp3) is 0.708. The SMILES string of the molecule is COCCCOc1cc(CC[C@@H](C[C@H](O)C(C)C)NC(=O)OC(C)(C)C)ccc1OC. The molecule has 0 aliphatic rings. The minimum Gasteiger partial charge on any atom is -0.493 e. The Hall–Kier alpha value is -1.99. The molecular weight excluding hydrogens is 398 g/mol. The quantitative estimate of drug-likeness (QED) is 0.445. The number of ether oxygens (including phenoxy) is 4. The van der Waals surface area contributed by atoms with Crippen LogP contribution in [0.5, 0.6) is 11.5 Å². The van der Waals surface area contributed by atoms with Crippen molar-refractivity contribution in [3.63, 3.8) is 0 Å². The number of aliphatic hydroxyl groups is 1. The zero-order valence-corrected chi connectivity index (χ0v) is 20.2. The fourth-order valence-electron chi connectivity index (χ4n) is 3.00. The molecular formula is C24H41NO6. The second-order valence-electron chi connectivity index (χ2n) is 9.11. The minimum atomic E-state index is -0.573. The maximum atomic E-state index is 12.3. The lowest BCUT2D eigenvalue weighted by Gasteiger charge is -2.26. The monoisotopic (exact) mass is 439 g/mol. The van der Waals surface area contributed by atoms with E-state index in [4.69, 9.17) is 18.9 Å². The first kappa shape index (κ1) is 27.0. The molecule has 0 aromatic heterocycles. The molecule has 0 radical (unpaired) electrons. The van der Waals surface area contributed by atoms with Gasteiger partial charge < -0.3 is 29.4 Å². The van der Waals surface area contributed by atoms with Crippen molar-refractivity contribution < 1.29 is 28.8 Å². The van der Waals surface area contributed by atoms with E-state index < -0.39 is 17.8 Å². The minimum absolute atomic E-state index is 0.107. The second-order valence-corrected chi connectivity index (χ2v) is 9.11. The number of hydrogen-bond acceptors (Lipinski definition) is 6. The van der Waals surface area contributed by atoms with E-state index >= 15 is 0 Å². The van der Waals surface area contributed by atoms with Gasteiger partial charge >= 0.3 is 6.09 Å². The van der Waals surface area contributed by atoms with Crippen LogP contribution in [0.4, 0.5) is 4.79 Å². The van der Waals surface area contributed by atoms with Crippen molar-refractivity contribution in [3.8, 4) is 11.5 Å². The van der Waals surface area contributed by atoms with E-state index in [1.165, 1.54) is 0 Å². The molecule has 7 nitrogen and oxygen atoms in total. The fourth-order valence-corrected chi connectivity index (χ4v) is 3.00. The number of hydrogen-bond donors (Lipinski definition) is 2. The largest absolute Gasteiger partial charge is 0.493 e. The number of carbonyl (C=O) groups excluding carboxylic acids is 1. The number of alkyl carbamates (subject to hydrolysis) is 1. The van der Waals surface area contributed by atoms with Gasteiger partial charge in [-0.3, -0.25) is 0 Å². The molecule has 0 fully saturated rings. The van der Waals surface area contributed by atoms with Crippen LogP contribution in [0, 0.1) is 5.92 Å². The number of methoxy groups -OCH3 is 2. The molecule has 0 saturated heterocycles. The van der Waals surface area contributed by atoms with E-state index in [-0.39, 0.29) is 12.0 Å². The molecule has 1 aromatic rings. The maximum Gasteiger partial charge on any atom is 0.407 e. The van der Waals surface area contributed by atoms with E-state index in [1.807, 2.05) is 52.8 Å². The first-order valence-electron chi connectivity index (χ1n) is 11.0. The molecule has 1 rings (SSSR count). The first-order valence-corrected chi connectivity index (χ1v) is 11.0. The van der Waals surface area contributed by atoms with Gasteiger partial charge in [-0.1, -0.05) is 19.9 Å². The first-order chi connectivity index (χ1) is 14.6. The highest BCUT2D eigenvalue weighted by atomic mass is 16.6. The van der Waals surface area contributed by atoms with Crippen LogP contribution in [0.2, 0.25) is 0 Å². The Morgan fingerprint density at radius 3 is 2.42 bits per heavy atom. The average molecular weight is 440 g/mol. The Balaban J connectivity index is 2.81. The van der Waals surface area contributed by atoms with Gasteiger partial charge in [0.25, 0.3) is 0 Å². The van der Waals surface area contributed by atoms with E-state index in [0.29, 0.717) is 44.0 Å². The van der Waals surface area contributed by atoms with Crippen molar-refractivity contribution in [1.82, 2.24) is 5.32 Å². The van der Waals surface area contributed by atoms with Gasteiger partial charge in [0.05, 0.1) is 19.8 Å². The number of carbonyl (C=O) groups is 1. The van der Waals surface area contributed by atoms with Crippen LogP contribution in [-0.2, 0) is 15.9 Å². The average Bonchev–Trinajstić information content (AvgIpc) is 2.67. The van der Waals surface area contributed by atoms with Gasteiger partial charge in [0.1, 0.15) is 5.60 Å². The predicted molar refractivity (Wildman–Crippen MR) is 122 cm³/mol. The Labute approximate surface area is 187 Å². The van der Waals surface area contributed by atoms with Crippen LogP contribution in [0.15, 0.2) is 18.2 Å². The van der Waals surface area contributed by atoms with Gasteiger partial charge in [0, 0.05) is 26.2 Å². The van der Waals surface area contributed by atoms with Crippen LogP contribution >= 0.6 is 0 Å². The van der Waals surface area contributed by atoms with Gasteiger partial charge in [0.15, 0.2) is 11.5 Å². The van der Waals surface area contributed by atoms with Crippen LogP contribution in [0.1, 0.15) is 59.4 Å². The topological polar surface area (TPSA) is 86.2 Å². The molecule has 0 unspecified atom stereocenters. The summed E-state index contributed by atoms with van der Waals surface area (Å²) in [4.78, 5) is 12.3. The Bertz CT molecular complexity index is 656. The summed E-state index contributed by atoms with van der Waals surface area (Å²) in [5, 5.41) is 13.3. The molecule has 1 amide bonds. The Morgan fingerprint density at radius 1 is 1.13 bits per heavy atom. The molecule has 2 N–H and O–H groups in total. The highest BCUT2D eigenvalue weighted by Crippen LogP contribution is 2.29. The standard InChI is InChI=1S/C24H41NO6/c1-17(2)20(26)16-19(25-23(27)31-24(3,4)5)11-9-18-10-12-21(29-7)22(15-18)30-14-8-13-28-6/h10,12,15,17,19-20,26H,8-9,11,13-14,16H2,1-7H3,(H,25,27)/t19-,20-/m0/s1. The number of amides is 1. The third-order valence-corrected chi connectivity index (χ3v) is 4.78. The van der Waals surface area contributed by atoms with Gasteiger partial charge in [0.2, 0.25) is 0 Å². The third kappa shape index (κ3) is 11.3. The van der Waals surface area contributed by atoms with E-state index in [9.17, 15) is 9.90 Å². The zero-order chi connectivity index (χ0) is 23.4. The Kier molecular flexibility index (Phi) is 11.7. The van der Waals surface area contributed by atoms with Gasteiger partial charge in [-0.2, -0.15) is 0 Å². The summed E-state index contributed by atoms with van der Waals surface area (Å²) in [6.07, 6.45) is 1.66. The van der Waals surface area contributed by atoms with E-state index in [0.717, 1.165) is 12.0 Å². The molecule has 1 aromatic carbocycles. The van der Waals surface area contributed by atoms with Crippen LogP contribution < -0.4 is 14.8 Å². The highest BCUT2D eigenvalue weighted by molar-refractivity contribution is 5.68. The molecule has 0 spiro atoms. The number of aliphatic hydroxyl groups excluding tert-OH is 1. The number of rotatable bonds is 13. The van der Waals surface area contributed by atoms with Gasteiger partial charge in [-0.25, -0.2) is 4.79 Å². The number of aryl methyl sites for hydroxylation is 1. The highest BCUT2D eigenvalue weighted by Gasteiger charge is 2.23. The zero-order valence-electron chi connectivity index (χ0n) is 20.2. The van der Waals surface area contributed by atoms with Crippen molar-refractivity contribution >= 4 is 6.09 Å². The molecule has 178 valence electrons. The number of nitrogens with one attached hydrogen (secondary N) is 1. The molecule has 0 aliphatic carbocycles. The predicted octanol–water partition coefficient (Wildman–Crippen LogP) is 4.34. The Morgan fingerprint density at radius 2 is 1.84 bits per heavy atom. The maximum absolute atomic E-state index is 12.3. The van der Waals surface area contributed by atoms with Crippen molar-refractivity contribution in [2.24, 2.45) is 5.92 Å². The summed E-state index contributed by atoms with van der Waals surface area (Å²) >= 11 is 0. The summed E-state index contributed by atoms with van der Waals surface area (Å²) in [6.45, 7) is 10.6. The molecule has 31 heavy (non-hydrogen) atoms. The molecule has 2 atom stereocenters. The number of benzene rings is 1. The van der Waals surface area contributed by atoms with Crippen molar-refractivity contribution in [1.29, 1.82) is 0 Å². The third-order valence-electron chi connectivity index (χ3n) is 4.78. The molecule has 0 saturated carbocycles. The molecule has 7 heteroatoms. The second kappa shape index (κ2) is 13.4. The van der Waals surface area contributed by atoms with Gasteiger partial charge in [-0.05, 0) is 63.6 Å². The summed E-state index contributed by atoms with van der Waals surface area (Å²) < 4.78 is 21.7. The lowest BCUT2D eigenvalue weighted by atomic mass is 9.95. The van der Waals surface area contributed by atoms with E-state index in [2.05, 4.69) is 5.32 Å². The lowest BCUT2D eigenvalue weighted by molar-refractivity contribution is 0.0461. The summed E-state index contributed by atoms with van der Waals surface area (Å²) in [5.41, 5.74) is 0.494. The van der Waals surface area contributed by atoms with Crippen molar-refractivity contribution in [2.45, 2.75) is 78.0 Å². The smallest absolute Gasteiger partial charge is 0.407 e. The van der Waals surface area contributed by atoms with Gasteiger partial charge in [-0.15, -0.1) is 0 Å². The lowest BCUT2D eigenvalue weighted by Crippen LogP contribution is -2.41. The summed E-state index contributed by atoms with van der Waals surface area (Å²) in [7, 11) is 3.28. The van der Waals surface area contributed by atoms with Crippen molar-refractivity contribution in [3.05, 3.63) is 23.8 Å². The summed E-state index contributed by atoms with van der Waals surface area (Å²) in [6, 6.07) is 5.64. The van der Waals surface area contributed by atoms with Crippen LogP contribution in [0.3, 0.4) is 0 Å². The molecule has 0 aliphatic heterocycles. The van der Waals surface area contributed by atoms with Crippen LogP contribution in [0.25, 0.3) is 0 Å². The summed E-state index contributed by atoms with van der Waals surface area (Å²) in [5.74, 6) is 1.48.